The van der Waals surface area contributed by atoms with Crippen LogP contribution in [0.4, 0.5) is 0 Å². The highest BCUT2D eigenvalue weighted by molar-refractivity contribution is 5.97. The molecule has 0 saturated carbocycles. The van der Waals surface area contributed by atoms with Crippen molar-refractivity contribution in [3.8, 4) is 0 Å². The zero-order chi connectivity index (χ0) is 15.1. The highest BCUT2D eigenvalue weighted by atomic mass is 16.5. The number of carboxylic acid groups (broad SMARTS) is 1. The van der Waals surface area contributed by atoms with Crippen LogP contribution in [0.15, 0.2) is 0 Å². The van der Waals surface area contributed by atoms with Gasteiger partial charge in [-0.05, 0) is 13.3 Å². The van der Waals surface area contributed by atoms with Crippen molar-refractivity contribution in [1.82, 2.24) is 5.32 Å². The monoisotopic (exact) mass is 285 g/mol. The van der Waals surface area contributed by atoms with Crippen molar-refractivity contribution in [2.45, 2.75) is 64.5 Å². The van der Waals surface area contributed by atoms with Crippen molar-refractivity contribution in [3.63, 3.8) is 0 Å². The van der Waals surface area contributed by atoms with E-state index in [1.54, 1.807) is 6.92 Å². The van der Waals surface area contributed by atoms with Crippen LogP contribution in [0.5, 0.6) is 0 Å². The Morgan fingerprint density at radius 3 is 2.50 bits per heavy atom. The molecular weight excluding hydrogens is 262 g/mol. The normalized spacial score (nSPS) is 22.6. The summed E-state index contributed by atoms with van der Waals surface area (Å²) in [5, 5.41) is 11.2. The van der Waals surface area contributed by atoms with Crippen LogP contribution in [0.25, 0.3) is 0 Å². The van der Waals surface area contributed by atoms with E-state index >= 15 is 0 Å². The lowest BCUT2D eigenvalue weighted by molar-refractivity contribution is -0.166. The molecule has 1 amide bonds. The molecule has 20 heavy (non-hydrogen) atoms. The fraction of sp³-hybridized carbons (Fsp3) is 0.786. The van der Waals surface area contributed by atoms with Gasteiger partial charge < -0.3 is 15.2 Å². The summed E-state index contributed by atoms with van der Waals surface area (Å²) in [5.41, 5.74) is 0. The van der Waals surface area contributed by atoms with Gasteiger partial charge in [-0.15, -0.1) is 0 Å². The molecule has 6 heteroatoms. The number of hydrogen-bond donors (Lipinski definition) is 2. The largest absolute Gasteiger partial charge is 0.480 e. The molecular formula is C14H23NO5. The summed E-state index contributed by atoms with van der Waals surface area (Å²) in [7, 11) is 0. The van der Waals surface area contributed by atoms with Gasteiger partial charge in [-0.2, -0.15) is 0 Å². The zero-order valence-corrected chi connectivity index (χ0v) is 12.1. The van der Waals surface area contributed by atoms with Crippen LogP contribution in [0.3, 0.4) is 0 Å². The number of carbonyl (C=O) groups excluding carboxylic acids is 2. The van der Waals surface area contributed by atoms with E-state index in [-0.39, 0.29) is 11.9 Å². The minimum absolute atomic E-state index is 0.320. The number of amides is 1. The third-order valence-electron chi connectivity index (χ3n) is 3.53. The Bertz CT molecular complexity index is 369. The molecule has 3 unspecified atom stereocenters. The molecule has 0 aliphatic carbocycles. The standard InChI is InChI=1S/C14H23NO5/c1-3-4-5-6-7-8-10(16)20-9(2)11-12(14(18)19)15-13(11)17/h9,11-12H,3-8H2,1-2H3,(H,15,17)(H,18,19). The average Bonchev–Trinajstić information content (AvgIpc) is 2.34. The summed E-state index contributed by atoms with van der Waals surface area (Å²) in [5.74, 6) is -2.62. The number of β-lactam (4-membered cyclic amide) rings is 1. The van der Waals surface area contributed by atoms with Crippen LogP contribution < -0.4 is 5.32 Å². The lowest BCUT2D eigenvalue weighted by atomic mass is 9.86. The van der Waals surface area contributed by atoms with Crippen LogP contribution in [-0.2, 0) is 19.1 Å². The van der Waals surface area contributed by atoms with Crippen molar-refractivity contribution < 1.29 is 24.2 Å². The highest BCUT2D eigenvalue weighted by Crippen LogP contribution is 2.22. The smallest absolute Gasteiger partial charge is 0.327 e. The molecule has 2 N–H and O–H groups in total. The van der Waals surface area contributed by atoms with E-state index in [9.17, 15) is 14.4 Å². The average molecular weight is 285 g/mol. The Morgan fingerprint density at radius 2 is 1.95 bits per heavy atom. The summed E-state index contributed by atoms with van der Waals surface area (Å²) < 4.78 is 5.15. The highest BCUT2D eigenvalue weighted by Gasteiger charge is 2.48. The first kappa shape index (κ1) is 16.5. The van der Waals surface area contributed by atoms with Gasteiger partial charge in [0.2, 0.25) is 5.91 Å². The molecule has 1 rings (SSSR count). The SMILES string of the molecule is CCCCCCCC(=O)OC(C)C1C(=O)NC1C(=O)O. The van der Waals surface area contributed by atoms with Crippen LogP contribution >= 0.6 is 0 Å². The summed E-state index contributed by atoms with van der Waals surface area (Å²) in [6.45, 7) is 3.69. The maximum atomic E-state index is 11.6. The van der Waals surface area contributed by atoms with Crippen LogP contribution in [0, 0.1) is 5.92 Å². The quantitative estimate of drug-likeness (QED) is 0.380. The summed E-state index contributed by atoms with van der Waals surface area (Å²) in [6, 6.07) is -0.949. The number of nitrogens with one attached hydrogen (secondary N) is 1. The maximum absolute atomic E-state index is 11.6. The van der Waals surface area contributed by atoms with Gasteiger partial charge in [-0.1, -0.05) is 32.6 Å². The van der Waals surface area contributed by atoms with E-state index in [0.717, 1.165) is 32.1 Å². The van der Waals surface area contributed by atoms with Crippen molar-refractivity contribution in [1.29, 1.82) is 0 Å². The van der Waals surface area contributed by atoms with Gasteiger partial charge in [0.05, 0.1) is 0 Å². The molecule has 6 nitrogen and oxygen atoms in total. The Balaban J connectivity index is 2.27. The van der Waals surface area contributed by atoms with E-state index in [1.807, 2.05) is 0 Å². The fourth-order valence-electron chi connectivity index (χ4n) is 2.31. The molecule has 0 spiro atoms. The Labute approximate surface area is 118 Å². The molecule has 0 aromatic carbocycles. The van der Waals surface area contributed by atoms with Crippen molar-refractivity contribution >= 4 is 17.8 Å². The van der Waals surface area contributed by atoms with Gasteiger partial charge in [-0.3, -0.25) is 9.59 Å². The molecule has 1 aliphatic rings. The summed E-state index contributed by atoms with van der Waals surface area (Å²) >= 11 is 0. The molecule has 1 fully saturated rings. The van der Waals surface area contributed by atoms with Gasteiger partial charge >= 0.3 is 11.9 Å². The number of carboxylic acids is 1. The molecule has 0 aromatic rings. The van der Waals surface area contributed by atoms with E-state index in [0.29, 0.717) is 6.42 Å². The van der Waals surface area contributed by atoms with Crippen LogP contribution in [0.1, 0.15) is 52.4 Å². The van der Waals surface area contributed by atoms with Gasteiger partial charge in [0.25, 0.3) is 0 Å². The molecule has 0 aromatic heterocycles. The molecule has 114 valence electrons. The predicted molar refractivity (Wildman–Crippen MR) is 72.0 cm³/mol. The van der Waals surface area contributed by atoms with Gasteiger partial charge in [-0.25, -0.2) is 4.79 Å². The van der Waals surface area contributed by atoms with Crippen LogP contribution in [-0.4, -0.2) is 35.1 Å². The Hall–Kier alpha value is -1.59. The van der Waals surface area contributed by atoms with Crippen molar-refractivity contribution in [2.24, 2.45) is 5.92 Å². The second-order valence-electron chi connectivity index (χ2n) is 5.21. The summed E-state index contributed by atoms with van der Waals surface area (Å²) in [6.07, 6.45) is 4.78. The molecule has 0 bridgehead atoms. The fourth-order valence-corrected chi connectivity index (χ4v) is 2.31. The lowest BCUT2D eigenvalue weighted by Crippen LogP contribution is -2.65. The van der Waals surface area contributed by atoms with Crippen molar-refractivity contribution in [3.05, 3.63) is 0 Å². The predicted octanol–water partition coefficient (Wildman–Crippen LogP) is 1.48. The minimum Gasteiger partial charge on any atom is -0.480 e. The van der Waals surface area contributed by atoms with E-state index in [1.165, 1.54) is 0 Å². The van der Waals surface area contributed by atoms with Gasteiger partial charge in [0, 0.05) is 6.42 Å². The molecule has 1 saturated heterocycles. The molecule has 1 heterocycles. The summed E-state index contributed by atoms with van der Waals surface area (Å²) in [4.78, 5) is 33.8. The molecule has 3 atom stereocenters. The van der Waals surface area contributed by atoms with Crippen LogP contribution in [0.2, 0.25) is 0 Å². The Morgan fingerprint density at radius 1 is 1.30 bits per heavy atom. The number of rotatable bonds is 9. The number of aliphatic carboxylic acids is 1. The first-order valence-corrected chi connectivity index (χ1v) is 7.20. The van der Waals surface area contributed by atoms with Gasteiger partial charge in [0.15, 0.2) is 0 Å². The second kappa shape index (κ2) is 7.87. The third kappa shape index (κ3) is 4.51. The number of carbonyl (C=O) groups is 3. The Kier molecular flexibility index (Phi) is 6.48. The topological polar surface area (TPSA) is 92.7 Å². The zero-order valence-electron chi connectivity index (χ0n) is 12.1. The molecule has 0 radical (unpaired) electrons. The number of hydrogen-bond acceptors (Lipinski definition) is 4. The first-order chi connectivity index (χ1) is 9.47. The number of esters is 1. The third-order valence-corrected chi connectivity index (χ3v) is 3.53. The lowest BCUT2D eigenvalue weighted by Gasteiger charge is -2.36. The van der Waals surface area contributed by atoms with Gasteiger partial charge in [0.1, 0.15) is 18.1 Å². The minimum atomic E-state index is -1.10. The first-order valence-electron chi connectivity index (χ1n) is 7.20. The molecule has 1 aliphatic heterocycles. The number of ether oxygens (including phenoxy) is 1. The van der Waals surface area contributed by atoms with E-state index < -0.39 is 24.0 Å². The second-order valence-corrected chi connectivity index (χ2v) is 5.21. The van der Waals surface area contributed by atoms with E-state index in [4.69, 9.17) is 9.84 Å². The van der Waals surface area contributed by atoms with E-state index in [2.05, 4.69) is 12.2 Å². The number of unbranched alkanes of at least 4 members (excludes halogenated alkanes) is 4. The maximum Gasteiger partial charge on any atom is 0.327 e. The van der Waals surface area contributed by atoms with Crippen molar-refractivity contribution in [2.75, 3.05) is 0 Å².